The molecule has 1 aliphatic carbocycles. The van der Waals surface area contributed by atoms with Gasteiger partial charge in [-0.3, -0.25) is 4.79 Å². The zero-order valence-corrected chi connectivity index (χ0v) is 19.9. The second-order valence-electron chi connectivity index (χ2n) is 9.33. The summed E-state index contributed by atoms with van der Waals surface area (Å²) in [5, 5.41) is 4.55. The van der Waals surface area contributed by atoms with Crippen LogP contribution in [0.3, 0.4) is 0 Å². The smallest absolute Gasteiger partial charge is 0.244 e. The lowest BCUT2D eigenvalue weighted by atomic mass is 9.81. The Labute approximate surface area is 194 Å². The van der Waals surface area contributed by atoms with Gasteiger partial charge >= 0.3 is 0 Å². The molecule has 5 rings (SSSR count). The fraction of sp³-hybridized carbons (Fsp3) is 0.458. The molecule has 9 heteroatoms. The maximum absolute atomic E-state index is 13.9. The standard InChI is InChI=1S/C24H29N5O3S/c1-17-7-6-8-20(13-17)33(31,32)27-24(10-4-3-5-11-24)23(30)28-12-9-21-19(16-28)15-25-22-14-18(2)26-29(21)22/h6-8,13-15,27H,3-5,9-12,16H2,1-2H3. The molecule has 3 aromatic rings. The number of sulfonamides is 1. The highest BCUT2D eigenvalue weighted by atomic mass is 32.2. The number of nitrogens with one attached hydrogen (secondary N) is 1. The zero-order chi connectivity index (χ0) is 23.2. The van der Waals surface area contributed by atoms with E-state index >= 15 is 0 Å². The van der Waals surface area contributed by atoms with Crippen LogP contribution in [0.1, 0.15) is 54.6 Å². The van der Waals surface area contributed by atoms with Crippen LogP contribution < -0.4 is 4.72 Å². The van der Waals surface area contributed by atoms with Crippen molar-refractivity contribution in [1.29, 1.82) is 0 Å². The van der Waals surface area contributed by atoms with Gasteiger partial charge in [0.1, 0.15) is 5.54 Å². The largest absolute Gasteiger partial charge is 0.336 e. The minimum atomic E-state index is -3.84. The molecule has 33 heavy (non-hydrogen) atoms. The van der Waals surface area contributed by atoms with Crippen molar-refractivity contribution in [3.8, 4) is 0 Å². The van der Waals surface area contributed by atoms with Crippen molar-refractivity contribution in [2.45, 2.75) is 69.4 Å². The second-order valence-corrected chi connectivity index (χ2v) is 11.0. The van der Waals surface area contributed by atoms with E-state index in [0.717, 1.165) is 47.4 Å². The average Bonchev–Trinajstić information content (AvgIpc) is 3.19. The Kier molecular flexibility index (Phi) is 5.49. The molecule has 2 aromatic heterocycles. The number of rotatable bonds is 4. The summed E-state index contributed by atoms with van der Waals surface area (Å²) in [6.45, 7) is 4.73. The van der Waals surface area contributed by atoms with Gasteiger partial charge in [0.2, 0.25) is 15.9 Å². The molecule has 1 aliphatic heterocycles. The van der Waals surface area contributed by atoms with Crippen molar-refractivity contribution < 1.29 is 13.2 Å². The van der Waals surface area contributed by atoms with E-state index in [-0.39, 0.29) is 10.8 Å². The molecule has 0 saturated heterocycles. The van der Waals surface area contributed by atoms with Gasteiger partial charge in [-0.1, -0.05) is 31.4 Å². The third-order valence-corrected chi connectivity index (χ3v) is 8.34. The molecule has 1 saturated carbocycles. The summed E-state index contributed by atoms with van der Waals surface area (Å²) in [6.07, 6.45) is 6.14. The Morgan fingerprint density at radius 2 is 1.91 bits per heavy atom. The number of aryl methyl sites for hydroxylation is 2. The topological polar surface area (TPSA) is 96.7 Å². The third kappa shape index (κ3) is 4.04. The van der Waals surface area contributed by atoms with Gasteiger partial charge in [-0.15, -0.1) is 0 Å². The van der Waals surface area contributed by atoms with E-state index in [1.165, 1.54) is 0 Å². The fourth-order valence-corrected chi connectivity index (χ4v) is 6.67. The highest BCUT2D eigenvalue weighted by Gasteiger charge is 2.46. The number of hydrogen-bond donors (Lipinski definition) is 1. The number of fused-ring (bicyclic) bond motifs is 3. The van der Waals surface area contributed by atoms with Crippen molar-refractivity contribution in [2.75, 3.05) is 6.54 Å². The molecule has 1 N–H and O–H groups in total. The number of nitrogens with zero attached hydrogens (tertiary/aromatic N) is 4. The normalized spacial score (nSPS) is 18.3. The number of hydrogen-bond acceptors (Lipinski definition) is 5. The summed E-state index contributed by atoms with van der Waals surface area (Å²) >= 11 is 0. The molecule has 8 nitrogen and oxygen atoms in total. The van der Waals surface area contributed by atoms with Crippen molar-refractivity contribution in [3.63, 3.8) is 0 Å². The SMILES string of the molecule is Cc1cccc(S(=O)(=O)NC2(C(=O)N3CCc4c(cnc5cc(C)nn45)C3)CCCCC2)c1. The van der Waals surface area contributed by atoms with Crippen LogP contribution in [0.4, 0.5) is 0 Å². The van der Waals surface area contributed by atoms with E-state index in [0.29, 0.717) is 32.4 Å². The third-order valence-electron chi connectivity index (χ3n) is 6.80. The maximum Gasteiger partial charge on any atom is 0.244 e. The zero-order valence-electron chi connectivity index (χ0n) is 19.0. The highest BCUT2D eigenvalue weighted by Crippen LogP contribution is 2.33. The van der Waals surface area contributed by atoms with E-state index in [9.17, 15) is 13.2 Å². The van der Waals surface area contributed by atoms with Gasteiger partial charge in [0, 0.05) is 37.3 Å². The van der Waals surface area contributed by atoms with Crippen molar-refractivity contribution in [2.24, 2.45) is 0 Å². The van der Waals surface area contributed by atoms with Gasteiger partial charge < -0.3 is 4.90 Å². The molecule has 1 fully saturated rings. The molecule has 0 atom stereocenters. The number of benzene rings is 1. The van der Waals surface area contributed by atoms with Crippen molar-refractivity contribution in [3.05, 3.63) is 59.0 Å². The van der Waals surface area contributed by atoms with Crippen LogP contribution in [0.5, 0.6) is 0 Å². The average molecular weight is 468 g/mol. The van der Waals surface area contributed by atoms with E-state index in [1.54, 1.807) is 23.1 Å². The molecule has 3 heterocycles. The number of aromatic nitrogens is 3. The molecule has 0 radical (unpaired) electrons. The van der Waals surface area contributed by atoms with Crippen molar-refractivity contribution >= 4 is 21.6 Å². The minimum absolute atomic E-state index is 0.138. The molecule has 1 aromatic carbocycles. The highest BCUT2D eigenvalue weighted by molar-refractivity contribution is 7.89. The van der Waals surface area contributed by atoms with E-state index < -0.39 is 15.6 Å². The van der Waals surface area contributed by atoms with E-state index in [4.69, 9.17) is 0 Å². The Morgan fingerprint density at radius 3 is 2.67 bits per heavy atom. The van der Waals surface area contributed by atoms with Gasteiger partial charge in [-0.25, -0.2) is 17.9 Å². The first-order chi connectivity index (χ1) is 15.8. The maximum atomic E-state index is 13.9. The monoisotopic (exact) mass is 467 g/mol. The fourth-order valence-electron chi connectivity index (χ4n) is 5.14. The molecule has 2 aliphatic rings. The minimum Gasteiger partial charge on any atom is -0.336 e. The van der Waals surface area contributed by atoms with Crippen LogP contribution >= 0.6 is 0 Å². The summed E-state index contributed by atoms with van der Waals surface area (Å²) in [6, 6.07) is 8.75. The van der Waals surface area contributed by atoms with Gasteiger partial charge in [0.15, 0.2) is 5.65 Å². The van der Waals surface area contributed by atoms with Crippen molar-refractivity contribution in [1.82, 2.24) is 24.2 Å². The lowest BCUT2D eigenvalue weighted by molar-refractivity contribution is -0.140. The van der Waals surface area contributed by atoms with Gasteiger partial charge in [-0.05, 0) is 44.4 Å². The molecule has 0 spiro atoms. The molecular weight excluding hydrogens is 438 g/mol. The van der Waals surface area contributed by atoms with Crippen LogP contribution in [-0.2, 0) is 27.8 Å². The quantitative estimate of drug-likeness (QED) is 0.636. The van der Waals surface area contributed by atoms with Crippen LogP contribution in [0, 0.1) is 13.8 Å². The second kappa shape index (κ2) is 8.22. The first kappa shape index (κ1) is 22.0. The van der Waals surface area contributed by atoms with Gasteiger partial charge in [-0.2, -0.15) is 9.82 Å². The summed E-state index contributed by atoms with van der Waals surface area (Å²) in [5.74, 6) is -0.138. The number of carbonyl (C=O) groups excluding carboxylic acids is 1. The first-order valence-electron chi connectivity index (χ1n) is 11.5. The predicted octanol–water partition coefficient (Wildman–Crippen LogP) is 2.91. The summed E-state index contributed by atoms with van der Waals surface area (Å²) in [7, 11) is -3.84. The number of carbonyl (C=O) groups is 1. The Morgan fingerprint density at radius 1 is 1.12 bits per heavy atom. The Balaban J connectivity index is 1.45. The van der Waals surface area contributed by atoms with Crippen LogP contribution in [-0.4, -0.2) is 45.9 Å². The Bertz CT molecular complexity index is 1330. The summed E-state index contributed by atoms with van der Waals surface area (Å²) < 4.78 is 31.3. The molecule has 1 amide bonds. The van der Waals surface area contributed by atoms with E-state index in [2.05, 4.69) is 14.8 Å². The summed E-state index contributed by atoms with van der Waals surface area (Å²) in [5.41, 5.74) is 3.48. The van der Waals surface area contributed by atoms with Gasteiger partial charge in [0.05, 0.1) is 16.3 Å². The molecular formula is C24H29N5O3S. The lowest BCUT2D eigenvalue weighted by Crippen LogP contribution is -2.61. The van der Waals surface area contributed by atoms with Crippen LogP contribution in [0.25, 0.3) is 5.65 Å². The van der Waals surface area contributed by atoms with Crippen LogP contribution in [0.15, 0.2) is 41.4 Å². The summed E-state index contributed by atoms with van der Waals surface area (Å²) in [4.78, 5) is 20.4. The molecule has 0 bridgehead atoms. The molecule has 0 unspecified atom stereocenters. The number of amides is 1. The lowest BCUT2D eigenvalue weighted by Gasteiger charge is -2.41. The van der Waals surface area contributed by atoms with Crippen LogP contribution in [0.2, 0.25) is 0 Å². The first-order valence-corrected chi connectivity index (χ1v) is 13.0. The van der Waals surface area contributed by atoms with Gasteiger partial charge in [0.25, 0.3) is 0 Å². The predicted molar refractivity (Wildman–Crippen MR) is 124 cm³/mol. The Hall–Kier alpha value is -2.78. The van der Waals surface area contributed by atoms with E-state index in [1.807, 2.05) is 36.7 Å². The molecule has 174 valence electrons.